The summed E-state index contributed by atoms with van der Waals surface area (Å²) >= 11 is 0. The minimum atomic E-state index is 1.01. The van der Waals surface area contributed by atoms with E-state index in [0.717, 1.165) is 24.1 Å². The Morgan fingerprint density at radius 3 is 2.40 bits per heavy atom. The molecule has 25 heavy (non-hydrogen) atoms. The lowest BCUT2D eigenvalue weighted by Gasteiger charge is -2.19. The maximum absolute atomic E-state index is 4.01. The lowest BCUT2D eigenvalue weighted by molar-refractivity contribution is 0.950. The highest BCUT2D eigenvalue weighted by molar-refractivity contribution is 5.59. The van der Waals surface area contributed by atoms with Gasteiger partial charge in [0.15, 0.2) is 0 Å². The van der Waals surface area contributed by atoms with Crippen molar-refractivity contribution in [2.75, 3.05) is 5.32 Å². The molecule has 0 fully saturated rings. The van der Waals surface area contributed by atoms with Gasteiger partial charge in [0.05, 0.1) is 0 Å². The molecule has 0 saturated heterocycles. The van der Waals surface area contributed by atoms with Crippen molar-refractivity contribution in [2.45, 2.75) is 12.8 Å². The van der Waals surface area contributed by atoms with Crippen LogP contribution in [0.3, 0.4) is 0 Å². The Kier molecular flexibility index (Phi) is 5.84. The third-order valence-corrected chi connectivity index (χ3v) is 4.13. The van der Waals surface area contributed by atoms with Crippen LogP contribution in [0.1, 0.15) is 18.4 Å². The summed E-state index contributed by atoms with van der Waals surface area (Å²) in [4.78, 5) is 0. The molecule has 1 N–H and O–H groups in total. The Labute approximate surface area is 150 Å². The first-order valence-electron chi connectivity index (χ1n) is 8.65. The van der Waals surface area contributed by atoms with Crippen LogP contribution in [0.5, 0.6) is 0 Å². The molecular weight excluding hydrogens is 302 g/mol. The molecule has 2 aromatic carbocycles. The highest BCUT2D eigenvalue weighted by atomic mass is 14.9. The van der Waals surface area contributed by atoms with Gasteiger partial charge in [-0.3, -0.25) is 0 Å². The molecule has 0 unspecified atom stereocenters. The van der Waals surface area contributed by atoms with E-state index in [1.807, 2.05) is 42.5 Å². The van der Waals surface area contributed by atoms with E-state index in [4.69, 9.17) is 0 Å². The second-order valence-electron chi connectivity index (χ2n) is 5.92. The fraction of sp³-hybridized carbons (Fsp3) is 0.0833. The van der Waals surface area contributed by atoms with Gasteiger partial charge in [-0.05, 0) is 36.1 Å². The van der Waals surface area contributed by atoms with Crippen LogP contribution in [0.4, 0.5) is 5.69 Å². The van der Waals surface area contributed by atoms with Crippen molar-refractivity contribution in [3.05, 3.63) is 120 Å². The van der Waals surface area contributed by atoms with Gasteiger partial charge in [-0.1, -0.05) is 91.6 Å². The second-order valence-corrected chi connectivity index (χ2v) is 5.92. The maximum Gasteiger partial charge on any atom is 0.0381 e. The van der Waals surface area contributed by atoms with E-state index in [2.05, 4.69) is 66.5 Å². The van der Waals surface area contributed by atoms with Crippen molar-refractivity contribution in [3.63, 3.8) is 0 Å². The standard InChI is InChI=1S/C24H23N/c1-2-21(15-11-14-20-12-5-3-6-13-20)23-18-9-10-19-24(23)25-22-16-7-4-8-17-22/h2-9,11-18,25H,1,10,19H2/b14-11-,21-15+. The first-order valence-corrected chi connectivity index (χ1v) is 8.65. The van der Waals surface area contributed by atoms with E-state index in [-0.39, 0.29) is 0 Å². The van der Waals surface area contributed by atoms with E-state index < -0.39 is 0 Å². The number of rotatable bonds is 6. The summed E-state index contributed by atoms with van der Waals surface area (Å²) in [6.07, 6.45) is 14.7. The minimum absolute atomic E-state index is 1.01. The lowest BCUT2D eigenvalue weighted by Crippen LogP contribution is -2.06. The molecule has 1 aliphatic rings. The van der Waals surface area contributed by atoms with Gasteiger partial charge in [0, 0.05) is 17.0 Å². The Balaban J connectivity index is 1.86. The van der Waals surface area contributed by atoms with Gasteiger partial charge < -0.3 is 5.32 Å². The van der Waals surface area contributed by atoms with Crippen molar-refractivity contribution in [2.24, 2.45) is 0 Å². The molecule has 1 aliphatic carbocycles. The molecule has 0 radical (unpaired) electrons. The highest BCUT2D eigenvalue weighted by Crippen LogP contribution is 2.27. The van der Waals surface area contributed by atoms with Crippen LogP contribution < -0.4 is 5.32 Å². The van der Waals surface area contributed by atoms with E-state index in [1.54, 1.807) is 0 Å². The molecule has 0 spiro atoms. The van der Waals surface area contributed by atoms with E-state index in [9.17, 15) is 0 Å². The SMILES string of the molecule is C=C/C(=C\C=C/c1ccccc1)C1=C(Nc2ccccc2)CCC=C1. The first kappa shape index (κ1) is 16.8. The molecule has 0 aliphatic heterocycles. The zero-order valence-corrected chi connectivity index (χ0v) is 14.4. The third-order valence-electron chi connectivity index (χ3n) is 4.13. The van der Waals surface area contributed by atoms with Gasteiger partial charge in [-0.15, -0.1) is 0 Å². The van der Waals surface area contributed by atoms with Crippen LogP contribution in [-0.2, 0) is 0 Å². The Morgan fingerprint density at radius 2 is 1.68 bits per heavy atom. The summed E-state index contributed by atoms with van der Waals surface area (Å²) in [6, 6.07) is 20.6. The molecule has 0 saturated carbocycles. The average Bonchev–Trinajstić information content (AvgIpc) is 2.68. The van der Waals surface area contributed by atoms with Gasteiger partial charge in [0.25, 0.3) is 0 Å². The van der Waals surface area contributed by atoms with Crippen molar-refractivity contribution in [1.82, 2.24) is 0 Å². The second kappa shape index (κ2) is 8.70. The van der Waals surface area contributed by atoms with Crippen LogP contribution in [0, 0.1) is 0 Å². The van der Waals surface area contributed by atoms with E-state index in [1.165, 1.54) is 16.8 Å². The molecule has 1 heteroatoms. The summed E-state index contributed by atoms with van der Waals surface area (Å²) in [7, 11) is 0. The molecule has 3 rings (SSSR count). The molecular formula is C24H23N. The summed E-state index contributed by atoms with van der Waals surface area (Å²) in [5.41, 5.74) is 5.89. The topological polar surface area (TPSA) is 12.0 Å². The molecule has 0 heterocycles. The Morgan fingerprint density at radius 1 is 0.960 bits per heavy atom. The first-order chi connectivity index (χ1) is 12.4. The molecule has 124 valence electrons. The largest absolute Gasteiger partial charge is 0.358 e. The highest BCUT2D eigenvalue weighted by Gasteiger charge is 2.10. The Hall–Kier alpha value is -3.06. The summed E-state index contributed by atoms with van der Waals surface area (Å²) in [6.45, 7) is 4.01. The van der Waals surface area contributed by atoms with Crippen LogP contribution in [0.25, 0.3) is 6.08 Å². The molecule has 0 amide bonds. The maximum atomic E-state index is 4.01. The van der Waals surface area contributed by atoms with Crippen LogP contribution in [0.2, 0.25) is 0 Å². The predicted molar refractivity (Wildman–Crippen MR) is 109 cm³/mol. The summed E-state index contributed by atoms with van der Waals surface area (Å²) < 4.78 is 0. The van der Waals surface area contributed by atoms with Crippen molar-refractivity contribution < 1.29 is 0 Å². The zero-order chi connectivity index (χ0) is 17.3. The molecule has 0 atom stereocenters. The molecule has 0 aromatic heterocycles. The number of benzene rings is 2. The van der Waals surface area contributed by atoms with Gasteiger partial charge in [0.1, 0.15) is 0 Å². The predicted octanol–water partition coefficient (Wildman–Crippen LogP) is 6.53. The van der Waals surface area contributed by atoms with E-state index >= 15 is 0 Å². The van der Waals surface area contributed by atoms with Crippen LogP contribution in [0.15, 0.2) is 114 Å². The van der Waals surface area contributed by atoms with E-state index in [0.29, 0.717) is 0 Å². The van der Waals surface area contributed by atoms with Crippen LogP contribution in [-0.4, -0.2) is 0 Å². The monoisotopic (exact) mass is 325 g/mol. The smallest absolute Gasteiger partial charge is 0.0381 e. The number of nitrogens with one attached hydrogen (secondary N) is 1. The summed E-state index contributed by atoms with van der Waals surface area (Å²) in [5.74, 6) is 0. The molecule has 2 aromatic rings. The molecule has 1 nitrogen and oxygen atoms in total. The van der Waals surface area contributed by atoms with Crippen LogP contribution >= 0.6 is 0 Å². The third kappa shape index (κ3) is 4.71. The van der Waals surface area contributed by atoms with Gasteiger partial charge in [-0.25, -0.2) is 0 Å². The van der Waals surface area contributed by atoms with Crippen molar-refractivity contribution in [3.8, 4) is 0 Å². The minimum Gasteiger partial charge on any atom is -0.358 e. The van der Waals surface area contributed by atoms with Crippen molar-refractivity contribution in [1.29, 1.82) is 0 Å². The fourth-order valence-electron chi connectivity index (χ4n) is 2.85. The average molecular weight is 325 g/mol. The number of allylic oxidation sites excluding steroid dienone is 8. The quantitative estimate of drug-likeness (QED) is 0.595. The lowest BCUT2D eigenvalue weighted by atomic mass is 9.95. The number of para-hydroxylation sites is 1. The van der Waals surface area contributed by atoms with Gasteiger partial charge in [0.2, 0.25) is 0 Å². The number of hydrogen-bond donors (Lipinski definition) is 1. The van der Waals surface area contributed by atoms with Gasteiger partial charge in [-0.2, -0.15) is 0 Å². The Bertz CT molecular complexity index is 821. The summed E-state index contributed by atoms with van der Waals surface area (Å²) in [5, 5.41) is 3.57. The fourth-order valence-corrected chi connectivity index (χ4v) is 2.85. The number of hydrogen-bond acceptors (Lipinski definition) is 1. The normalized spacial score (nSPS) is 14.8. The molecule has 0 bridgehead atoms. The van der Waals surface area contributed by atoms with Gasteiger partial charge >= 0.3 is 0 Å². The van der Waals surface area contributed by atoms with Crippen molar-refractivity contribution >= 4 is 11.8 Å². The number of anilines is 1. The zero-order valence-electron chi connectivity index (χ0n) is 14.4.